The highest BCUT2D eigenvalue weighted by atomic mass is 32.2. The number of aliphatic imine (C=N–C) groups is 1. The number of rotatable bonds is 5. The van der Waals surface area contributed by atoms with Gasteiger partial charge in [0.05, 0.1) is 17.5 Å². The maximum atomic E-state index is 14.4. The molecule has 0 spiro atoms. The normalized spacial score (nSPS) is 22.5. The van der Waals surface area contributed by atoms with Crippen LogP contribution in [-0.4, -0.2) is 60.0 Å². The van der Waals surface area contributed by atoms with E-state index in [4.69, 9.17) is 4.74 Å². The highest BCUT2D eigenvalue weighted by molar-refractivity contribution is 8.16. The third-order valence-electron chi connectivity index (χ3n) is 5.98. The molecule has 2 heterocycles. The molecular weight excluding hydrogens is 517 g/mol. The fourth-order valence-electron chi connectivity index (χ4n) is 4.27. The number of thioether (sulfide) groups is 1. The summed E-state index contributed by atoms with van der Waals surface area (Å²) in [5.41, 5.74) is 0.931. The van der Waals surface area contributed by atoms with Crippen molar-refractivity contribution in [2.75, 3.05) is 16.4 Å². The number of alkyl carbamates (subject to hydrolysis) is 1. The van der Waals surface area contributed by atoms with E-state index in [1.54, 1.807) is 44.7 Å². The molecular formula is C26H30FN3O5S2. The van der Waals surface area contributed by atoms with Crippen molar-refractivity contribution in [2.45, 2.75) is 57.1 Å². The van der Waals surface area contributed by atoms with Crippen molar-refractivity contribution in [3.63, 3.8) is 0 Å². The number of anilines is 1. The van der Waals surface area contributed by atoms with Gasteiger partial charge in [-0.05, 0) is 51.0 Å². The van der Waals surface area contributed by atoms with Gasteiger partial charge in [-0.1, -0.05) is 48.2 Å². The van der Waals surface area contributed by atoms with E-state index in [0.29, 0.717) is 11.3 Å². The molecule has 1 N–H and O–H groups in total. The second-order valence-corrected chi connectivity index (χ2v) is 13.6. The summed E-state index contributed by atoms with van der Waals surface area (Å²) in [6.07, 6.45) is -0.567. The summed E-state index contributed by atoms with van der Waals surface area (Å²) >= 11 is 1.19. The van der Waals surface area contributed by atoms with E-state index >= 15 is 0 Å². The minimum absolute atomic E-state index is 0.0516. The number of sulfone groups is 1. The van der Waals surface area contributed by atoms with Gasteiger partial charge in [0.1, 0.15) is 17.5 Å². The highest BCUT2D eigenvalue weighted by Gasteiger charge is 2.49. The van der Waals surface area contributed by atoms with Gasteiger partial charge >= 0.3 is 6.09 Å². The maximum Gasteiger partial charge on any atom is 0.408 e. The van der Waals surface area contributed by atoms with Gasteiger partial charge in [-0.3, -0.25) is 4.79 Å². The Bertz CT molecular complexity index is 1330. The predicted molar refractivity (Wildman–Crippen MR) is 143 cm³/mol. The third kappa shape index (κ3) is 6.70. The van der Waals surface area contributed by atoms with Crippen molar-refractivity contribution in [3.05, 3.63) is 65.5 Å². The second-order valence-electron chi connectivity index (χ2n) is 10.2. The lowest BCUT2D eigenvalue weighted by molar-refractivity contribution is -0.119. The molecule has 0 unspecified atom stereocenters. The first kappa shape index (κ1) is 27.1. The minimum atomic E-state index is -3.28. The molecule has 2 aromatic carbocycles. The van der Waals surface area contributed by atoms with Crippen molar-refractivity contribution in [1.29, 1.82) is 0 Å². The van der Waals surface area contributed by atoms with Crippen LogP contribution in [0, 0.1) is 12.7 Å². The number of carbonyl (C=O) groups is 2. The summed E-state index contributed by atoms with van der Waals surface area (Å²) in [5.74, 6) is -1.22. The Balaban J connectivity index is 1.66. The molecule has 3 atom stereocenters. The third-order valence-corrected chi connectivity index (χ3v) is 9.19. The van der Waals surface area contributed by atoms with Gasteiger partial charge < -0.3 is 15.0 Å². The molecule has 8 nitrogen and oxygen atoms in total. The van der Waals surface area contributed by atoms with Crippen LogP contribution in [0.25, 0.3) is 0 Å². The van der Waals surface area contributed by atoms with Crippen molar-refractivity contribution >= 4 is 44.5 Å². The number of hydrogen-bond acceptors (Lipinski definition) is 6. The Hall–Kier alpha value is -2.92. The van der Waals surface area contributed by atoms with Crippen LogP contribution >= 0.6 is 11.8 Å². The van der Waals surface area contributed by atoms with Crippen LogP contribution in [-0.2, 0) is 25.8 Å². The smallest absolute Gasteiger partial charge is 0.408 e. The number of nitrogens with zero attached hydrogens (tertiary/aromatic N) is 2. The number of ether oxygens (including phenoxy) is 1. The van der Waals surface area contributed by atoms with Crippen molar-refractivity contribution in [2.24, 2.45) is 4.99 Å². The zero-order valence-electron chi connectivity index (χ0n) is 21.1. The number of fused-ring (bicyclic) bond motifs is 1. The Labute approximate surface area is 220 Å². The van der Waals surface area contributed by atoms with Crippen LogP contribution in [0.2, 0.25) is 0 Å². The lowest BCUT2D eigenvalue weighted by Crippen LogP contribution is -2.45. The van der Waals surface area contributed by atoms with Gasteiger partial charge in [-0.15, -0.1) is 0 Å². The standard InChI is InChI=1S/C26H30FN3O5S2/c1-16-10-11-18(13-19(16)27)30-21-14-37(33,34)15-22(21)36-24(30)29-23(31)20(12-17-8-6-5-7-9-17)28-25(32)35-26(2,3)4/h5-11,13,20-22H,12,14-15H2,1-4H3,(H,28,32)/t20-,21-,22+/m1/s1. The molecule has 4 rings (SSSR count). The monoisotopic (exact) mass is 547 g/mol. The largest absolute Gasteiger partial charge is 0.444 e. The molecule has 198 valence electrons. The predicted octanol–water partition coefficient (Wildman–Crippen LogP) is 3.87. The molecule has 2 aliphatic heterocycles. The Morgan fingerprint density at radius 1 is 1.19 bits per heavy atom. The summed E-state index contributed by atoms with van der Waals surface area (Å²) in [4.78, 5) is 32.0. The van der Waals surface area contributed by atoms with E-state index < -0.39 is 45.3 Å². The fourth-order valence-corrected chi connectivity index (χ4v) is 8.19. The number of halogens is 1. The molecule has 0 aliphatic carbocycles. The average Bonchev–Trinajstić information content (AvgIpc) is 3.25. The maximum absolute atomic E-state index is 14.4. The quantitative estimate of drug-likeness (QED) is 0.606. The van der Waals surface area contributed by atoms with E-state index in [1.165, 1.54) is 17.8 Å². The number of amides is 2. The van der Waals surface area contributed by atoms with Crippen LogP contribution in [0.5, 0.6) is 0 Å². The Morgan fingerprint density at radius 2 is 1.89 bits per heavy atom. The molecule has 2 amide bonds. The highest BCUT2D eigenvalue weighted by Crippen LogP contribution is 2.41. The summed E-state index contributed by atoms with van der Waals surface area (Å²) in [5, 5.41) is 2.57. The van der Waals surface area contributed by atoms with Crippen molar-refractivity contribution < 1.29 is 27.1 Å². The molecule has 2 saturated heterocycles. The van der Waals surface area contributed by atoms with Crippen LogP contribution < -0.4 is 10.2 Å². The molecule has 2 aliphatic rings. The number of hydrogen-bond donors (Lipinski definition) is 1. The number of nitrogens with one attached hydrogen (secondary N) is 1. The van der Waals surface area contributed by atoms with Gasteiger partial charge in [0, 0.05) is 17.4 Å². The fraction of sp³-hybridized carbons (Fsp3) is 0.423. The number of amidine groups is 1. The van der Waals surface area contributed by atoms with Gasteiger partial charge in [0.25, 0.3) is 5.91 Å². The first-order valence-electron chi connectivity index (χ1n) is 11.9. The van der Waals surface area contributed by atoms with E-state index in [1.807, 2.05) is 30.3 Å². The summed E-state index contributed by atoms with van der Waals surface area (Å²) in [6, 6.07) is 12.3. The summed E-state index contributed by atoms with van der Waals surface area (Å²) in [6.45, 7) is 6.81. The van der Waals surface area contributed by atoms with Crippen molar-refractivity contribution in [1.82, 2.24) is 5.32 Å². The molecule has 0 aromatic heterocycles. The molecule has 37 heavy (non-hydrogen) atoms. The average molecular weight is 548 g/mol. The zero-order valence-corrected chi connectivity index (χ0v) is 22.7. The lowest BCUT2D eigenvalue weighted by Gasteiger charge is -2.25. The minimum Gasteiger partial charge on any atom is -0.444 e. The molecule has 11 heteroatoms. The van der Waals surface area contributed by atoms with Crippen LogP contribution in [0.1, 0.15) is 31.9 Å². The van der Waals surface area contributed by atoms with E-state index in [9.17, 15) is 22.4 Å². The second kappa shape index (κ2) is 10.4. The van der Waals surface area contributed by atoms with E-state index in [-0.39, 0.29) is 28.3 Å². The van der Waals surface area contributed by atoms with E-state index in [0.717, 1.165) is 5.56 Å². The van der Waals surface area contributed by atoms with Crippen LogP contribution in [0.4, 0.5) is 14.9 Å². The first-order chi connectivity index (χ1) is 17.3. The molecule has 0 saturated carbocycles. The topological polar surface area (TPSA) is 105 Å². The van der Waals surface area contributed by atoms with Gasteiger partial charge in [-0.2, -0.15) is 4.99 Å². The van der Waals surface area contributed by atoms with Crippen molar-refractivity contribution in [3.8, 4) is 0 Å². The molecule has 0 bridgehead atoms. The van der Waals surface area contributed by atoms with Gasteiger partial charge in [0.2, 0.25) is 0 Å². The van der Waals surface area contributed by atoms with Crippen LogP contribution in [0.3, 0.4) is 0 Å². The number of benzene rings is 2. The van der Waals surface area contributed by atoms with E-state index in [2.05, 4.69) is 10.3 Å². The number of aryl methyl sites for hydroxylation is 1. The van der Waals surface area contributed by atoms with Gasteiger partial charge in [0.15, 0.2) is 15.0 Å². The zero-order chi connectivity index (χ0) is 27.0. The summed E-state index contributed by atoms with van der Waals surface area (Å²) < 4.78 is 44.5. The summed E-state index contributed by atoms with van der Waals surface area (Å²) in [7, 11) is -3.28. The molecule has 2 aromatic rings. The van der Waals surface area contributed by atoms with Gasteiger partial charge in [-0.25, -0.2) is 17.6 Å². The lowest BCUT2D eigenvalue weighted by atomic mass is 10.1. The first-order valence-corrected chi connectivity index (χ1v) is 14.6. The van der Waals surface area contributed by atoms with Crippen LogP contribution in [0.15, 0.2) is 53.5 Å². The molecule has 0 radical (unpaired) electrons. The SMILES string of the molecule is Cc1ccc(N2C(=NC(=O)[C@@H](Cc3ccccc3)NC(=O)OC(C)(C)C)S[C@H]3CS(=O)(=O)C[C@H]32)cc1F. The number of carbonyl (C=O) groups excluding carboxylic acids is 2. The Morgan fingerprint density at radius 3 is 2.54 bits per heavy atom. The molecule has 2 fully saturated rings. The Kier molecular flexibility index (Phi) is 7.66.